The predicted molar refractivity (Wildman–Crippen MR) is 80.5 cm³/mol. The lowest BCUT2D eigenvalue weighted by molar-refractivity contribution is 0.189. The van der Waals surface area contributed by atoms with Crippen LogP contribution in [0.25, 0.3) is 0 Å². The molecule has 6 heteroatoms. The van der Waals surface area contributed by atoms with Crippen LogP contribution in [0.1, 0.15) is 24.2 Å². The molecule has 2 rings (SSSR count). The Hall–Kier alpha value is -1.17. The lowest BCUT2D eigenvalue weighted by atomic mass is 10.1. The van der Waals surface area contributed by atoms with Gasteiger partial charge in [-0.3, -0.25) is 0 Å². The molecule has 2 aromatic carbocycles. The Morgan fingerprint density at radius 3 is 2.67 bits per heavy atom. The highest BCUT2D eigenvalue weighted by molar-refractivity contribution is 9.10. The second-order valence-corrected chi connectivity index (χ2v) is 5.76. The molecule has 0 aliphatic rings. The molecular formula is C15H12BrClF2O2. The molecule has 1 atom stereocenters. The normalized spacial score (nSPS) is 12.3. The Morgan fingerprint density at radius 2 is 2.00 bits per heavy atom. The number of aliphatic hydroxyl groups excluding tert-OH is 1. The molecule has 112 valence electrons. The molecular weight excluding hydrogens is 366 g/mol. The molecule has 2 nitrogen and oxygen atoms in total. The van der Waals surface area contributed by atoms with Crippen molar-refractivity contribution in [1.29, 1.82) is 0 Å². The average Bonchev–Trinajstić information content (AvgIpc) is 2.44. The zero-order valence-electron chi connectivity index (χ0n) is 11.0. The quantitative estimate of drug-likeness (QED) is 0.759. The lowest BCUT2D eigenvalue weighted by Gasteiger charge is -2.14. The van der Waals surface area contributed by atoms with E-state index in [9.17, 15) is 13.9 Å². The molecule has 21 heavy (non-hydrogen) atoms. The third kappa shape index (κ3) is 3.73. The first-order valence-electron chi connectivity index (χ1n) is 6.13. The van der Waals surface area contributed by atoms with Crippen molar-refractivity contribution in [1.82, 2.24) is 0 Å². The van der Waals surface area contributed by atoms with E-state index >= 15 is 0 Å². The molecule has 0 radical (unpaired) electrons. The van der Waals surface area contributed by atoms with Crippen LogP contribution in [0.15, 0.2) is 34.8 Å². The highest BCUT2D eigenvalue weighted by Gasteiger charge is 2.15. The van der Waals surface area contributed by atoms with Crippen molar-refractivity contribution >= 4 is 27.5 Å². The minimum absolute atomic E-state index is 0.161. The first-order valence-corrected chi connectivity index (χ1v) is 7.30. The van der Waals surface area contributed by atoms with E-state index in [1.807, 2.05) is 0 Å². The minimum atomic E-state index is -0.809. The van der Waals surface area contributed by atoms with E-state index in [4.69, 9.17) is 16.3 Å². The largest absolute Gasteiger partial charge is 0.488 e. The van der Waals surface area contributed by atoms with Crippen molar-refractivity contribution in [2.24, 2.45) is 0 Å². The number of hydrogen-bond donors (Lipinski definition) is 1. The maximum atomic E-state index is 13.9. The van der Waals surface area contributed by atoms with Crippen molar-refractivity contribution < 1.29 is 18.6 Å². The van der Waals surface area contributed by atoms with Gasteiger partial charge in [0.1, 0.15) is 24.0 Å². The van der Waals surface area contributed by atoms with Gasteiger partial charge >= 0.3 is 0 Å². The summed E-state index contributed by atoms with van der Waals surface area (Å²) in [5.41, 5.74) is 0.272. The van der Waals surface area contributed by atoms with E-state index in [0.29, 0.717) is 16.3 Å². The number of ether oxygens (including phenoxy) is 1. The number of hydrogen-bond acceptors (Lipinski definition) is 2. The Bertz CT molecular complexity index is 662. The summed E-state index contributed by atoms with van der Waals surface area (Å²) in [6.45, 7) is 1.26. The van der Waals surface area contributed by atoms with Crippen molar-refractivity contribution in [3.63, 3.8) is 0 Å². The molecule has 0 heterocycles. The summed E-state index contributed by atoms with van der Waals surface area (Å²) in [6, 6.07) is 7.13. The summed E-state index contributed by atoms with van der Waals surface area (Å²) in [4.78, 5) is 0. The van der Waals surface area contributed by atoms with Gasteiger partial charge in [0.2, 0.25) is 0 Å². The lowest BCUT2D eigenvalue weighted by Crippen LogP contribution is -2.05. The van der Waals surface area contributed by atoms with Crippen LogP contribution in [0.3, 0.4) is 0 Å². The van der Waals surface area contributed by atoms with E-state index < -0.39 is 17.7 Å². The van der Waals surface area contributed by atoms with E-state index in [1.165, 1.54) is 6.07 Å². The van der Waals surface area contributed by atoms with E-state index in [1.54, 1.807) is 25.1 Å². The third-order valence-electron chi connectivity index (χ3n) is 2.93. The fourth-order valence-corrected chi connectivity index (χ4v) is 2.38. The number of benzene rings is 2. The van der Waals surface area contributed by atoms with Gasteiger partial charge in [-0.2, -0.15) is 0 Å². The first-order chi connectivity index (χ1) is 9.90. The molecule has 0 aromatic heterocycles. The molecule has 1 unspecified atom stereocenters. The second kappa shape index (κ2) is 6.73. The number of aliphatic hydroxyl groups is 1. The fourth-order valence-electron chi connectivity index (χ4n) is 1.83. The van der Waals surface area contributed by atoms with Crippen LogP contribution in [0.4, 0.5) is 8.78 Å². The van der Waals surface area contributed by atoms with Crippen LogP contribution in [0.2, 0.25) is 5.02 Å². The van der Waals surface area contributed by atoms with Crippen LogP contribution in [-0.4, -0.2) is 5.11 Å². The number of rotatable bonds is 4. The van der Waals surface area contributed by atoms with Crippen LogP contribution in [0.5, 0.6) is 5.75 Å². The van der Waals surface area contributed by atoms with E-state index in [-0.39, 0.29) is 16.6 Å². The van der Waals surface area contributed by atoms with Gasteiger partial charge in [-0.05, 0) is 53.2 Å². The van der Waals surface area contributed by atoms with Gasteiger partial charge in [-0.15, -0.1) is 0 Å². The highest BCUT2D eigenvalue weighted by Crippen LogP contribution is 2.30. The van der Waals surface area contributed by atoms with Gasteiger partial charge in [0.05, 0.1) is 16.1 Å². The Kier molecular flexibility index (Phi) is 5.19. The highest BCUT2D eigenvalue weighted by atomic mass is 79.9. The maximum absolute atomic E-state index is 13.9. The third-order valence-corrected chi connectivity index (χ3v) is 3.78. The first kappa shape index (κ1) is 16.2. The summed E-state index contributed by atoms with van der Waals surface area (Å²) in [5, 5.41) is 10.1. The molecule has 2 aromatic rings. The predicted octanol–water partition coefficient (Wildman–Crippen LogP) is 5.01. The molecule has 0 saturated heterocycles. The van der Waals surface area contributed by atoms with Crippen molar-refractivity contribution in [3.05, 3.63) is 62.6 Å². The molecule has 0 amide bonds. The van der Waals surface area contributed by atoms with Crippen molar-refractivity contribution in [2.45, 2.75) is 19.6 Å². The SMILES string of the molecule is CC(O)c1cc(Cl)ccc1OCc1c(F)ccc(Br)c1F. The smallest absolute Gasteiger partial charge is 0.146 e. The van der Waals surface area contributed by atoms with Gasteiger partial charge in [-0.1, -0.05) is 11.6 Å². The topological polar surface area (TPSA) is 29.5 Å². The Balaban J connectivity index is 2.27. The van der Waals surface area contributed by atoms with E-state index in [0.717, 1.165) is 6.07 Å². The molecule has 0 aliphatic heterocycles. The summed E-state index contributed by atoms with van der Waals surface area (Å²) < 4.78 is 33.1. The van der Waals surface area contributed by atoms with Crippen molar-refractivity contribution in [2.75, 3.05) is 0 Å². The zero-order chi connectivity index (χ0) is 15.6. The monoisotopic (exact) mass is 376 g/mol. The van der Waals surface area contributed by atoms with Gasteiger partial charge in [0.25, 0.3) is 0 Å². The van der Waals surface area contributed by atoms with Crippen molar-refractivity contribution in [3.8, 4) is 5.75 Å². The summed E-state index contributed by atoms with van der Waals surface area (Å²) >= 11 is 8.86. The van der Waals surface area contributed by atoms with Crippen LogP contribution < -0.4 is 4.74 Å². The molecule has 0 spiro atoms. The molecule has 0 bridgehead atoms. The second-order valence-electron chi connectivity index (χ2n) is 4.47. The van der Waals surface area contributed by atoms with Gasteiger partial charge in [-0.25, -0.2) is 8.78 Å². The fraction of sp³-hybridized carbons (Fsp3) is 0.200. The molecule has 0 saturated carbocycles. The van der Waals surface area contributed by atoms with Gasteiger partial charge < -0.3 is 9.84 Å². The van der Waals surface area contributed by atoms with Gasteiger partial charge in [0.15, 0.2) is 0 Å². The minimum Gasteiger partial charge on any atom is -0.488 e. The molecule has 0 aliphatic carbocycles. The van der Waals surface area contributed by atoms with Gasteiger partial charge in [0, 0.05) is 10.6 Å². The summed E-state index contributed by atoms with van der Waals surface area (Å²) in [5.74, 6) is -1.07. The average molecular weight is 378 g/mol. The standard InChI is InChI=1S/C15H12BrClF2O2/c1-8(20)10-6-9(17)2-5-14(10)21-7-11-13(18)4-3-12(16)15(11)19/h2-6,8,20H,7H2,1H3. The van der Waals surface area contributed by atoms with Crippen LogP contribution >= 0.6 is 27.5 Å². The van der Waals surface area contributed by atoms with E-state index in [2.05, 4.69) is 15.9 Å². The molecule has 1 N–H and O–H groups in total. The summed E-state index contributed by atoms with van der Waals surface area (Å²) in [6.07, 6.45) is -0.809. The Labute approximate surface area is 134 Å². The zero-order valence-corrected chi connectivity index (χ0v) is 13.4. The summed E-state index contributed by atoms with van der Waals surface area (Å²) in [7, 11) is 0. The maximum Gasteiger partial charge on any atom is 0.146 e. The van der Waals surface area contributed by atoms with Crippen LogP contribution in [-0.2, 0) is 6.61 Å². The number of halogens is 4. The molecule has 0 fully saturated rings. The Morgan fingerprint density at radius 1 is 1.29 bits per heavy atom. The van der Waals surface area contributed by atoms with Crippen LogP contribution in [0, 0.1) is 11.6 Å².